The number of amides is 1. The molecule has 1 aromatic heterocycles. The van der Waals surface area contributed by atoms with Crippen LogP contribution in [0.5, 0.6) is 11.5 Å². The van der Waals surface area contributed by atoms with E-state index in [2.05, 4.69) is 6.92 Å². The molecule has 3 aromatic carbocycles. The molecular weight excluding hydrogens is 461 g/mol. The lowest BCUT2D eigenvalue weighted by molar-refractivity contribution is 0.0971. The summed E-state index contributed by atoms with van der Waals surface area (Å²) in [4.78, 5) is 28.8. The topological polar surface area (TPSA) is 69.0 Å². The predicted molar refractivity (Wildman–Crippen MR) is 136 cm³/mol. The van der Waals surface area contributed by atoms with E-state index in [1.54, 1.807) is 31.4 Å². The Kier molecular flexibility index (Phi) is 6.46. The van der Waals surface area contributed by atoms with Gasteiger partial charge in [-0.2, -0.15) is 0 Å². The Morgan fingerprint density at radius 2 is 1.78 bits per heavy atom. The molecule has 184 valence electrons. The highest BCUT2D eigenvalue weighted by Crippen LogP contribution is 2.43. The first-order valence-corrected chi connectivity index (χ1v) is 12.0. The van der Waals surface area contributed by atoms with E-state index in [0.717, 1.165) is 25.3 Å². The molecule has 0 saturated heterocycles. The Hall–Kier alpha value is -4.13. The summed E-state index contributed by atoms with van der Waals surface area (Å²) in [6.07, 6.45) is 3.08. The van der Waals surface area contributed by atoms with E-state index in [9.17, 15) is 14.0 Å². The van der Waals surface area contributed by atoms with Crippen molar-refractivity contribution >= 4 is 22.6 Å². The van der Waals surface area contributed by atoms with Gasteiger partial charge in [-0.3, -0.25) is 14.5 Å². The first-order valence-electron chi connectivity index (χ1n) is 12.0. The Balaban J connectivity index is 1.67. The highest BCUT2D eigenvalue weighted by molar-refractivity contribution is 6.10. The maximum atomic E-state index is 14.0. The second-order valence-corrected chi connectivity index (χ2v) is 8.69. The molecule has 6 nitrogen and oxygen atoms in total. The van der Waals surface area contributed by atoms with E-state index in [0.29, 0.717) is 29.4 Å². The maximum Gasteiger partial charge on any atom is 0.295 e. The monoisotopic (exact) mass is 487 g/mol. The minimum Gasteiger partial charge on any atom is -0.493 e. The molecule has 0 N–H and O–H groups in total. The van der Waals surface area contributed by atoms with Gasteiger partial charge in [0.1, 0.15) is 11.4 Å². The Bertz CT molecular complexity index is 1480. The van der Waals surface area contributed by atoms with Crippen molar-refractivity contribution in [2.75, 3.05) is 18.6 Å². The number of nitrogens with zero attached hydrogens (tertiary/aromatic N) is 1. The summed E-state index contributed by atoms with van der Waals surface area (Å²) in [6, 6.07) is 17.4. The molecule has 5 rings (SSSR count). The van der Waals surface area contributed by atoms with Crippen LogP contribution in [0.25, 0.3) is 11.0 Å². The molecule has 7 heteroatoms. The molecule has 1 atom stereocenters. The van der Waals surface area contributed by atoms with Gasteiger partial charge in [0.15, 0.2) is 16.9 Å². The number of hydrogen-bond acceptors (Lipinski definition) is 5. The molecule has 0 fully saturated rings. The highest BCUT2D eigenvalue weighted by Gasteiger charge is 2.44. The standard InChI is InChI=1S/C29H26FNO5/c1-3-4-8-15-35-23-13-11-18(16-24(23)34-2)26-25-27(32)21-17-19(30)12-14-22(21)36-28(25)29(33)31(26)20-9-6-5-7-10-20/h5-7,9-14,16-17,26H,3-4,8,15H2,1-2H3. The SMILES string of the molecule is CCCCCOc1ccc(C2c3c(oc4ccc(F)cc4c3=O)C(=O)N2c2ccccc2)cc1OC. The largest absolute Gasteiger partial charge is 0.493 e. The number of para-hydroxylation sites is 1. The quantitative estimate of drug-likeness (QED) is 0.275. The number of hydrogen-bond donors (Lipinski definition) is 0. The molecular formula is C29H26FNO5. The molecule has 0 spiro atoms. The molecule has 36 heavy (non-hydrogen) atoms. The van der Waals surface area contributed by atoms with E-state index in [-0.39, 0.29) is 22.3 Å². The fourth-order valence-electron chi connectivity index (χ4n) is 4.62. The zero-order valence-corrected chi connectivity index (χ0v) is 20.1. The van der Waals surface area contributed by atoms with Gasteiger partial charge < -0.3 is 13.9 Å². The molecule has 2 heterocycles. The lowest BCUT2D eigenvalue weighted by Gasteiger charge is -2.26. The molecule has 1 unspecified atom stereocenters. The smallest absolute Gasteiger partial charge is 0.295 e. The number of carbonyl (C=O) groups excluding carboxylic acids is 1. The number of fused-ring (bicyclic) bond motifs is 2. The van der Waals surface area contributed by atoms with Crippen LogP contribution < -0.4 is 19.8 Å². The average molecular weight is 488 g/mol. The zero-order chi connectivity index (χ0) is 25.2. The minimum atomic E-state index is -0.790. The molecule has 1 amide bonds. The van der Waals surface area contributed by atoms with E-state index >= 15 is 0 Å². The summed E-state index contributed by atoms with van der Waals surface area (Å²) in [7, 11) is 1.55. The van der Waals surface area contributed by atoms with Crippen molar-refractivity contribution in [3.63, 3.8) is 0 Å². The van der Waals surface area contributed by atoms with Crippen molar-refractivity contribution in [3.05, 3.63) is 99.7 Å². The van der Waals surface area contributed by atoms with Gasteiger partial charge in [-0.05, 0) is 54.4 Å². The van der Waals surface area contributed by atoms with Gasteiger partial charge >= 0.3 is 0 Å². The number of anilines is 1. The van der Waals surface area contributed by atoms with Crippen molar-refractivity contribution in [2.24, 2.45) is 0 Å². The molecule has 0 bridgehead atoms. The fourth-order valence-corrected chi connectivity index (χ4v) is 4.62. The summed E-state index contributed by atoms with van der Waals surface area (Å²) >= 11 is 0. The summed E-state index contributed by atoms with van der Waals surface area (Å²) in [5.74, 6) is 0.0342. The lowest BCUT2D eigenvalue weighted by Crippen LogP contribution is -2.29. The lowest BCUT2D eigenvalue weighted by atomic mass is 9.97. The average Bonchev–Trinajstić information content (AvgIpc) is 3.20. The Morgan fingerprint density at radius 3 is 2.53 bits per heavy atom. The maximum absolute atomic E-state index is 14.0. The third kappa shape index (κ3) is 4.11. The number of carbonyl (C=O) groups is 1. The van der Waals surface area contributed by atoms with Crippen molar-refractivity contribution < 1.29 is 23.1 Å². The second-order valence-electron chi connectivity index (χ2n) is 8.69. The summed E-state index contributed by atoms with van der Waals surface area (Å²) in [5, 5.41) is 0.0873. The van der Waals surface area contributed by atoms with Crippen LogP contribution in [0.3, 0.4) is 0 Å². The number of benzene rings is 3. The Labute approximate surface area is 207 Å². The fraction of sp³-hybridized carbons (Fsp3) is 0.241. The second kappa shape index (κ2) is 9.85. The summed E-state index contributed by atoms with van der Waals surface area (Å²) in [5.41, 5.74) is 1.14. The van der Waals surface area contributed by atoms with Crippen LogP contribution in [0, 0.1) is 5.82 Å². The van der Waals surface area contributed by atoms with Crippen molar-refractivity contribution in [3.8, 4) is 11.5 Å². The predicted octanol–water partition coefficient (Wildman–Crippen LogP) is 6.26. The number of unbranched alkanes of at least 4 members (excludes halogenated alkanes) is 2. The first-order chi connectivity index (χ1) is 17.5. The third-order valence-electron chi connectivity index (χ3n) is 6.38. The van der Waals surface area contributed by atoms with Crippen LogP contribution in [0.1, 0.15) is 53.9 Å². The molecule has 1 aliphatic rings. The first kappa shape index (κ1) is 23.6. The van der Waals surface area contributed by atoms with E-state index in [1.807, 2.05) is 24.3 Å². The minimum absolute atomic E-state index is 0.0492. The van der Waals surface area contributed by atoms with Gasteiger partial charge in [0, 0.05) is 5.69 Å². The molecule has 1 aliphatic heterocycles. The Morgan fingerprint density at radius 1 is 0.972 bits per heavy atom. The van der Waals surface area contributed by atoms with Gasteiger partial charge in [0.2, 0.25) is 5.76 Å². The van der Waals surface area contributed by atoms with E-state index < -0.39 is 23.2 Å². The number of ether oxygens (including phenoxy) is 2. The van der Waals surface area contributed by atoms with Crippen molar-refractivity contribution in [1.82, 2.24) is 0 Å². The van der Waals surface area contributed by atoms with Crippen molar-refractivity contribution in [2.45, 2.75) is 32.2 Å². The molecule has 0 saturated carbocycles. The van der Waals surface area contributed by atoms with Crippen LogP contribution in [0.4, 0.5) is 10.1 Å². The molecule has 0 radical (unpaired) electrons. The number of halogens is 1. The molecule has 0 aliphatic carbocycles. The summed E-state index contributed by atoms with van der Waals surface area (Å²) in [6.45, 7) is 2.69. The van der Waals surface area contributed by atoms with Gasteiger partial charge in [-0.15, -0.1) is 0 Å². The third-order valence-corrected chi connectivity index (χ3v) is 6.38. The van der Waals surface area contributed by atoms with Crippen LogP contribution in [0.15, 0.2) is 75.9 Å². The van der Waals surface area contributed by atoms with Crippen LogP contribution in [0.2, 0.25) is 0 Å². The van der Waals surface area contributed by atoms with Crippen LogP contribution in [-0.4, -0.2) is 19.6 Å². The highest BCUT2D eigenvalue weighted by atomic mass is 19.1. The normalized spacial score (nSPS) is 14.8. The van der Waals surface area contributed by atoms with E-state index in [1.165, 1.54) is 17.0 Å². The number of rotatable bonds is 8. The van der Waals surface area contributed by atoms with Gasteiger partial charge in [-0.1, -0.05) is 44.0 Å². The van der Waals surface area contributed by atoms with E-state index in [4.69, 9.17) is 13.9 Å². The zero-order valence-electron chi connectivity index (χ0n) is 20.1. The van der Waals surface area contributed by atoms with Gasteiger partial charge in [0.05, 0.1) is 30.7 Å². The summed E-state index contributed by atoms with van der Waals surface area (Å²) < 4.78 is 31.4. The van der Waals surface area contributed by atoms with Crippen LogP contribution in [-0.2, 0) is 0 Å². The van der Waals surface area contributed by atoms with Crippen LogP contribution >= 0.6 is 0 Å². The van der Waals surface area contributed by atoms with Gasteiger partial charge in [0.25, 0.3) is 5.91 Å². The number of methoxy groups -OCH3 is 1. The van der Waals surface area contributed by atoms with Gasteiger partial charge in [-0.25, -0.2) is 4.39 Å². The van der Waals surface area contributed by atoms with Crippen molar-refractivity contribution in [1.29, 1.82) is 0 Å². The molecule has 4 aromatic rings.